The predicted octanol–water partition coefficient (Wildman–Crippen LogP) is 1.86. The van der Waals surface area contributed by atoms with Crippen molar-refractivity contribution in [3.8, 4) is 0 Å². The third-order valence-electron chi connectivity index (χ3n) is 3.21. The van der Waals surface area contributed by atoms with E-state index in [1.165, 1.54) is 11.3 Å². The molecule has 2 unspecified atom stereocenters. The average Bonchev–Trinajstić information content (AvgIpc) is 2.98. The van der Waals surface area contributed by atoms with Crippen LogP contribution in [-0.2, 0) is 9.53 Å². The molecule has 104 valence electrons. The number of carbonyl (C=O) groups excluding carboxylic acids is 2. The Morgan fingerprint density at radius 3 is 3.00 bits per heavy atom. The maximum absolute atomic E-state index is 12.1. The quantitative estimate of drug-likeness (QED) is 0.827. The minimum Gasteiger partial charge on any atom is -0.462 e. The summed E-state index contributed by atoms with van der Waals surface area (Å²) in [5.74, 6) is -0.171. The molecule has 0 bridgehead atoms. The summed E-state index contributed by atoms with van der Waals surface area (Å²) in [4.78, 5) is 23.8. The lowest BCUT2D eigenvalue weighted by Gasteiger charge is -2.15. The third-order valence-corrected chi connectivity index (χ3v) is 4.04. The van der Waals surface area contributed by atoms with Crippen molar-refractivity contribution in [3.63, 3.8) is 0 Å². The highest BCUT2D eigenvalue weighted by Crippen LogP contribution is 2.25. The van der Waals surface area contributed by atoms with E-state index in [0.29, 0.717) is 23.1 Å². The summed E-state index contributed by atoms with van der Waals surface area (Å²) in [5.41, 5.74) is 0.422. The van der Waals surface area contributed by atoms with Gasteiger partial charge in [-0.2, -0.15) is 0 Å². The maximum Gasteiger partial charge on any atom is 0.341 e. The van der Waals surface area contributed by atoms with Crippen molar-refractivity contribution >= 4 is 28.2 Å². The zero-order valence-corrected chi connectivity index (χ0v) is 11.9. The van der Waals surface area contributed by atoms with Crippen molar-refractivity contribution in [1.82, 2.24) is 5.32 Å². The van der Waals surface area contributed by atoms with E-state index >= 15 is 0 Å². The molecule has 19 heavy (non-hydrogen) atoms. The van der Waals surface area contributed by atoms with Gasteiger partial charge in [0, 0.05) is 0 Å². The van der Waals surface area contributed by atoms with Crippen LogP contribution in [0.4, 0.5) is 5.00 Å². The number of amides is 1. The molecule has 1 aromatic heterocycles. The van der Waals surface area contributed by atoms with Crippen LogP contribution in [0.5, 0.6) is 0 Å². The molecule has 6 heteroatoms. The van der Waals surface area contributed by atoms with Crippen molar-refractivity contribution in [2.24, 2.45) is 5.92 Å². The molecule has 2 heterocycles. The van der Waals surface area contributed by atoms with Gasteiger partial charge in [0.15, 0.2) is 0 Å². The standard InChI is InChI=1S/C13H18N2O3S/c1-3-18-13(17)9-5-7-19-12(9)15-11(16)10-8(2)4-6-14-10/h5,7-8,10,14H,3-4,6H2,1-2H3,(H,15,16). The second-order valence-electron chi connectivity index (χ2n) is 4.57. The molecule has 0 aromatic carbocycles. The Hall–Kier alpha value is -1.40. The monoisotopic (exact) mass is 282 g/mol. The van der Waals surface area contributed by atoms with E-state index in [2.05, 4.69) is 10.6 Å². The molecular formula is C13H18N2O3S. The number of esters is 1. The van der Waals surface area contributed by atoms with E-state index < -0.39 is 5.97 Å². The van der Waals surface area contributed by atoms with Crippen LogP contribution < -0.4 is 10.6 Å². The molecule has 2 N–H and O–H groups in total. The SMILES string of the molecule is CCOC(=O)c1ccsc1NC(=O)C1NCCC1C. The molecule has 0 saturated carbocycles. The predicted molar refractivity (Wildman–Crippen MR) is 74.5 cm³/mol. The number of ether oxygens (including phenoxy) is 1. The van der Waals surface area contributed by atoms with Crippen LogP contribution in [0.1, 0.15) is 30.6 Å². The second-order valence-corrected chi connectivity index (χ2v) is 5.49. The largest absolute Gasteiger partial charge is 0.462 e. The van der Waals surface area contributed by atoms with E-state index in [1.807, 2.05) is 6.92 Å². The number of hydrogen-bond donors (Lipinski definition) is 2. The molecule has 1 fully saturated rings. The first-order valence-corrected chi connectivity index (χ1v) is 7.30. The first-order valence-electron chi connectivity index (χ1n) is 6.42. The van der Waals surface area contributed by atoms with Gasteiger partial charge in [0.2, 0.25) is 5.91 Å². The summed E-state index contributed by atoms with van der Waals surface area (Å²) in [5, 5.41) is 8.32. The second kappa shape index (κ2) is 6.16. The van der Waals surface area contributed by atoms with Gasteiger partial charge in [0.05, 0.1) is 18.2 Å². The molecule has 1 aliphatic rings. The number of anilines is 1. The Balaban J connectivity index is 2.05. The fourth-order valence-electron chi connectivity index (χ4n) is 2.15. The first kappa shape index (κ1) is 14.0. The highest BCUT2D eigenvalue weighted by Gasteiger charge is 2.30. The highest BCUT2D eigenvalue weighted by atomic mass is 32.1. The Morgan fingerprint density at radius 1 is 1.58 bits per heavy atom. The van der Waals surface area contributed by atoms with Crippen LogP contribution in [0, 0.1) is 5.92 Å². The minimum atomic E-state index is -0.397. The Kier molecular flexibility index (Phi) is 4.55. The fourth-order valence-corrected chi connectivity index (χ4v) is 2.93. The van der Waals surface area contributed by atoms with Crippen LogP contribution in [0.15, 0.2) is 11.4 Å². The summed E-state index contributed by atoms with van der Waals surface area (Å²) in [6, 6.07) is 1.49. The van der Waals surface area contributed by atoms with E-state index in [4.69, 9.17) is 4.74 Å². The Morgan fingerprint density at radius 2 is 2.37 bits per heavy atom. The third kappa shape index (κ3) is 3.13. The Labute approximate surface area is 116 Å². The van der Waals surface area contributed by atoms with E-state index in [0.717, 1.165) is 13.0 Å². The summed E-state index contributed by atoms with van der Waals surface area (Å²) in [6.07, 6.45) is 0.993. The van der Waals surface area contributed by atoms with Crippen LogP contribution in [-0.4, -0.2) is 31.1 Å². The minimum absolute atomic E-state index is 0.0852. The number of rotatable bonds is 4. The molecule has 1 aromatic rings. The van der Waals surface area contributed by atoms with Crippen LogP contribution in [0.2, 0.25) is 0 Å². The molecule has 0 radical (unpaired) electrons. The van der Waals surface area contributed by atoms with Crippen molar-refractivity contribution < 1.29 is 14.3 Å². The highest BCUT2D eigenvalue weighted by molar-refractivity contribution is 7.14. The van der Waals surface area contributed by atoms with Gasteiger partial charge in [-0.15, -0.1) is 11.3 Å². The smallest absolute Gasteiger partial charge is 0.341 e. The van der Waals surface area contributed by atoms with Crippen molar-refractivity contribution in [1.29, 1.82) is 0 Å². The molecule has 5 nitrogen and oxygen atoms in total. The summed E-state index contributed by atoms with van der Waals surface area (Å²) >= 11 is 1.33. The van der Waals surface area contributed by atoms with Gasteiger partial charge in [0.25, 0.3) is 0 Å². The number of nitrogens with one attached hydrogen (secondary N) is 2. The molecule has 0 spiro atoms. The summed E-state index contributed by atoms with van der Waals surface area (Å²) in [7, 11) is 0. The number of thiophene rings is 1. The van der Waals surface area contributed by atoms with E-state index in [-0.39, 0.29) is 11.9 Å². The van der Waals surface area contributed by atoms with Crippen molar-refractivity contribution in [3.05, 3.63) is 17.0 Å². The normalized spacial score (nSPS) is 22.2. The van der Waals surface area contributed by atoms with Gasteiger partial charge in [-0.05, 0) is 37.3 Å². The van der Waals surface area contributed by atoms with Crippen molar-refractivity contribution in [2.75, 3.05) is 18.5 Å². The molecular weight excluding hydrogens is 264 g/mol. The van der Waals surface area contributed by atoms with Gasteiger partial charge >= 0.3 is 5.97 Å². The summed E-state index contributed by atoms with van der Waals surface area (Å²) < 4.78 is 4.96. The van der Waals surface area contributed by atoms with Crippen LogP contribution >= 0.6 is 11.3 Å². The molecule has 2 atom stereocenters. The lowest BCUT2D eigenvalue weighted by atomic mass is 10.0. The summed E-state index contributed by atoms with van der Waals surface area (Å²) in [6.45, 7) is 4.98. The topological polar surface area (TPSA) is 67.4 Å². The molecule has 1 amide bonds. The molecule has 1 saturated heterocycles. The van der Waals surface area contributed by atoms with Gasteiger partial charge in [-0.25, -0.2) is 4.79 Å². The zero-order chi connectivity index (χ0) is 13.8. The van der Waals surface area contributed by atoms with Crippen LogP contribution in [0.25, 0.3) is 0 Å². The maximum atomic E-state index is 12.1. The van der Waals surface area contributed by atoms with Gasteiger partial charge in [-0.3, -0.25) is 4.79 Å². The lowest BCUT2D eigenvalue weighted by Crippen LogP contribution is -2.39. The average molecular weight is 282 g/mol. The number of hydrogen-bond acceptors (Lipinski definition) is 5. The molecule has 2 rings (SSSR count). The van der Waals surface area contributed by atoms with E-state index in [1.54, 1.807) is 18.4 Å². The zero-order valence-electron chi connectivity index (χ0n) is 11.1. The Bertz CT molecular complexity index is 472. The fraction of sp³-hybridized carbons (Fsp3) is 0.538. The van der Waals surface area contributed by atoms with Crippen molar-refractivity contribution in [2.45, 2.75) is 26.3 Å². The van der Waals surface area contributed by atoms with E-state index in [9.17, 15) is 9.59 Å². The first-order chi connectivity index (χ1) is 9.13. The van der Waals surface area contributed by atoms with Gasteiger partial charge in [0.1, 0.15) is 5.00 Å². The molecule has 1 aliphatic heterocycles. The lowest BCUT2D eigenvalue weighted by molar-refractivity contribution is -0.118. The van der Waals surface area contributed by atoms with Gasteiger partial charge in [-0.1, -0.05) is 6.92 Å². The molecule has 0 aliphatic carbocycles. The van der Waals surface area contributed by atoms with Crippen LogP contribution in [0.3, 0.4) is 0 Å². The number of carbonyl (C=O) groups is 2. The van der Waals surface area contributed by atoms with Gasteiger partial charge < -0.3 is 15.4 Å².